The quantitative estimate of drug-likeness (QED) is 0.503. The summed E-state index contributed by atoms with van der Waals surface area (Å²) in [5.41, 5.74) is 1.27. The highest BCUT2D eigenvalue weighted by atomic mass is 16.5. The molecule has 2 nitrogen and oxygen atoms in total. The van der Waals surface area contributed by atoms with Crippen LogP contribution < -0.4 is 5.32 Å². The Bertz CT molecular complexity index is 106. The van der Waals surface area contributed by atoms with Gasteiger partial charge in [-0.25, -0.2) is 0 Å². The number of nitrogens with one attached hydrogen (secondary N) is 1. The molecule has 0 amide bonds. The summed E-state index contributed by atoms with van der Waals surface area (Å²) in [7, 11) is 0. The van der Waals surface area contributed by atoms with E-state index >= 15 is 0 Å². The van der Waals surface area contributed by atoms with Crippen LogP contribution in [0.1, 0.15) is 13.8 Å². The molecule has 1 aliphatic heterocycles. The number of rotatable bonds is 0. The second-order valence-corrected chi connectivity index (χ2v) is 2.14. The molecule has 0 unspecified atom stereocenters. The third-order valence-corrected chi connectivity index (χ3v) is 1.19. The van der Waals surface area contributed by atoms with Crippen molar-refractivity contribution < 1.29 is 4.74 Å². The summed E-state index contributed by atoms with van der Waals surface area (Å²) < 4.78 is 5.18. The largest absolute Gasteiger partial charge is 0.481 e. The summed E-state index contributed by atoms with van der Waals surface area (Å²) >= 11 is 0. The van der Waals surface area contributed by atoms with Gasteiger partial charge in [0.2, 0.25) is 0 Å². The lowest BCUT2D eigenvalue weighted by Gasteiger charge is -1.96. The summed E-state index contributed by atoms with van der Waals surface area (Å²) in [6, 6.07) is 0. The lowest BCUT2D eigenvalue weighted by atomic mass is 10.3. The van der Waals surface area contributed by atoms with E-state index < -0.39 is 0 Å². The Morgan fingerprint density at radius 1 is 1.62 bits per heavy atom. The van der Waals surface area contributed by atoms with Gasteiger partial charge in [-0.2, -0.15) is 0 Å². The zero-order chi connectivity index (χ0) is 5.98. The van der Waals surface area contributed by atoms with Crippen molar-refractivity contribution in [3.63, 3.8) is 0 Å². The van der Waals surface area contributed by atoms with Crippen LogP contribution in [0.15, 0.2) is 11.3 Å². The molecule has 0 radical (unpaired) electrons. The topological polar surface area (TPSA) is 21.3 Å². The monoisotopic (exact) mass is 113 g/mol. The predicted molar refractivity (Wildman–Crippen MR) is 32.3 cm³/mol. The molecule has 0 spiro atoms. The van der Waals surface area contributed by atoms with Crippen molar-refractivity contribution in [1.82, 2.24) is 5.32 Å². The molecule has 0 bridgehead atoms. The minimum Gasteiger partial charge on any atom is -0.481 e. The van der Waals surface area contributed by atoms with Crippen molar-refractivity contribution in [3.05, 3.63) is 11.3 Å². The Balaban J connectivity index is 2.58. The second-order valence-electron chi connectivity index (χ2n) is 2.14. The highest BCUT2D eigenvalue weighted by molar-refractivity contribution is 5.06. The van der Waals surface area contributed by atoms with E-state index in [0.717, 1.165) is 12.3 Å². The van der Waals surface area contributed by atoms with Gasteiger partial charge < -0.3 is 4.74 Å². The number of hydrogen-bond acceptors (Lipinski definition) is 2. The maximum Gasteiger partial charge on any atom is 0.139 e. The molecule has 0 aliphatic carbocycles. The molecule has 0 atom stereocenters. The molecule has 0 saturated carbocycles. The van der Waals surface area contributed by atoms with Gasteiger partial charge in [0.05, 0.1) is 6.54 Å². The van der Waals surface area contributed by atoms with Crippen LogP contribution in [0.5, 0.6) is 0 Å². The number of ether oxygens (including phenoxy) is 1. The summed E-state index contributed by atoms with van der Waals surface area (Å²) in [5, 5.41) is 3.07. The lowest BCUT2D eigenvalue weighted by molar-refractivity contribution is 0.251. The molecule has 1 rings (SSSR count). The van der Waals surface area contributed by atoms with E-state index in [-0.39, 0.29) is 0 Å². The standard InChI is InChI=1S/C6H11NO/c1-5(2)6-3-7-4-8-6/h7H,3-4H2,1-2H3. The van der Waals surface area contributed by atoms with Gasteiger partial charge in [-0.05, 0) is 19.4 Å². The van der Waals surface area contributed by atoms with Crippen LogP contribution in [0.3, 0.4) is 0 Å². The third kappa shape index (κ3) is 1.01. The first kappa shape index (κ1) is 5.63. The Kier molecular flexibility index (Phi) is 1.53. The Morgan fingerprint density at radius 2 is 2.38 bits per heavy atom. The van der Waals surface area contributed by atoms with E-state index in [9.17, 15) is 0 Å². The maximum atomic E-state index is 5.18. The molecule has 1 N–H and O–H groups in total. The van der Waals surface area contributed by atoms with Gasteiger partial charge in [0, 0.05) is 0 Å². The first-order valence-electron chi connectivity index (χ1n) is 2.80. The molecule has 8 heavy (non-hydrogen) atoms. The van der Waals surface area contributed by atoms with Gasteiger partial charge in [-0.1, -0.05) is 0 Å². The average Bonchev–Trinajstić information content (AvgIpc) is 2.12. The van der Waals surface area contributed by atoms with Crippen molar-refractivity contribution in [2.45, 2.75) is 13.8 Å². The van der Waals surface area contributed by atoms with E-state index in [4.69, 9.17) is 4.74 Å². The van der Waals surface area contributed by atoms with Gasteiger partial charge in [-0.15, -0.1) is 0 Å². The van der Waals surface area contributed by atoms with Gasteiger partial charge in [0.15, 0.2) is 0 Å². The van der Waals surface area contributed by atoms with Crippen molar-refractivity contribution >= 4 is 0 Å². The highest BCUT2D eigenvalue weighted by Crippen LogP contribution is 2.06. The fraction of sp³-hybridized carbons (Fsp3) is 0.667. The molecule has 1 aliphatic rings. The minimum absolute atomic E-state index is 0.681. The van der Waals surface area contributed by atoms with Crippen LogP contribution in [0, 0.1) is 0 Å². The first-order valence-corrected chi connectivity index (χ1v) is 2.80. The first-order chi connectivity index (χ1) is 3.80. The molecule has 46 valence electrons. The van der Waals surface area contributed by atoms with Crippen molar-refractivity contribution in [1.29, 1.82) is 0 Å². The Hall–Kier alpha value is -0.500. The predicted octanol–water partition coefficient (Wildman–Crippen LogP) is 0.858. The van der Waals surface area contributed by atoms with Crippen LogP contribution in [-0.4, -0.2) is 13.3 Å². The summed E-state index contributed by atoms with van der Waals surface area (Å²) in [5.74, 6) is 1.10. The van der Waals surface area contributed by atoms with Crippen LogP contribution in [0.25, 0.3) is 0 Å². The fourth-order valence-corrected chi connectivity index (χ4v) is 0.675. The molecule has 0 aromatic rings. The molecular weight excluding hydrogens is 102 g/mol. The fourth-order valence-electron chi connectivity index (χ4n) is 0.675. The summed E-state index contributed by atoms with van der Waals surface area (Å²) in [6.07, 6.45) is 0. The molecule has 2 heteroatoms. The van der Waals surface area contributed by atoms with Crippen LogP contribution >= 0.6 is 0 Å². The SMILES string of the molecule is CC(C)=C1CNCO1. The van der Waals surface area contributed by atoms with Crippen molar-refractivity contribution in [2.24, 2.45) is 0 Å². The molecule has 1 heterocycles. The van der Waals surface area contributed by atoms with E-state index in [1.807, 2.05) is 0 Å². The van der Waals surface area contributed by atoms with E-state index in [1.54, 1.807) is 0 Å². The van der Waals surface area contributed by atoms with Gasteiger partial charge in [0.1, 0.15) is 12.5 Å². The normalized spacial score (nSPS) is 18.5. The van der Waals surface area contributed by atoms with Crippen LogP contribution in [0.2, 0.25) is 0 Å². The van der Waals surface area contributed by atoms with E-state index in [1.165, 1.54) is 5.57 Å². The average molecular weight is 113 g/mol. The van der Waals surface area contributed by atoms with Gasteiger partial charge in [0.25, 0.3) is 0 Å². The van der Waals surface area contributed by atoms with Gasteiger partial charge >= 0.3 is 0 Å². The van der Waals surface area contributed by atoms with Crippen molar-refractivity contribution in [2.75, 3.05) is 13.3 Å². The smallest absolute Gasteiger partial charge is 0.139 e. The second kappa shape index (κ2) is 2.18. The lowest BCUT2D eigenvalue weighted by Crippen LogP contribution is -2.05. The maximum absolute atomic E-state index is 5.18. The van der Waals surface area contributed by atoms with E-state index in [0.29, 0.717) is 6.73 Å². The van der Waals surface area contributed by atoms with Crippen LogP contribution in [0.4, 0.5) is 0 Å². The molecule has 1 saturated heterocycles. The zero-order valence-electron chi connectivity index (χ0n) is 5.32. The molecule has 0 aromatic carbocycles. The van der Waals surface area contributed by atoms with Crippen molar-refractivity contribution in [3.8, 4) is 0 Å². The van der Waals surface area contributed by atoms with E-state index in [2.05, 4.69) is 19.2 Å². The third-order valence-electron chi connectivity index (χ3n) is 1.19. The summed E-state index contributed by atoms with van der Waals surface area (Å²) in [6.45, 7) is 5.70. The molecule has 1 fully saturated rings. The summed E-state index contributed by atoms with van der Waals surface area (Å²) in [4.78, 5) is 0. The Labute approximate surface area is 49.5 Å². The van der Waals surface area contributed by atoms with Gasteiger partial charge in [-0.3, -0.25) is 5.32 Å². The minimum atomic E-state index is 0.681. The number of hydrogen-bond donors (Lipinski definition) is 1. The Morgan fingerprint density at radius 3 is 2.62 bits per heavy atom. The molecule has 0 aromatic heterocycles. The highest BCUT2D eigenvalue weighted by Gasteiger charge is 2.05. The molecular formula is C6H11NO. The van der Waals surface area contributed by atoms with Crippen LogP contribution in [-0.2, 0) is 4.74 Å². The number of allylic oxidation sites excluding steroid dienone is 1. The zero-order valence-corrected chi connectivity index (χ0v) is 5.32.